The molecule has 3 nitrogen and oxygen atoms in total. The molecule has 1 heterocycles. The monoisotopic (exact) mass is 346 g/mol. The third-order valence-electron chi connectivity index (χ3n) is 3.14. The molecule has 1 aromatic rings. The van der Waals surface area contributed by atoms with E-state index < -0.39 is 0 Å². The molecule has 1 aromatic carbocycles. The molecule has 0 aliphatic carbocycles. The van der Waals surface area contributed by atoms with Crippen LogP contribution in [0.1, 0.15) is 19.8 Å². The zero-order valence-electron chi connectivity index (χ0n) is 10.2. The number of likely N-dealkylation sites (N-methyl/N-ethyl adjacent to an activating group) is 1. The normalized spacial score (nSPS) is 19.5. The van der Waals surface area contributed by atoms with E-state index in [4.69, 9.17) is 10.5 Å². The predicted octanol–water partition coefficient (Wildman–Crippen LogP) is 2.88. The van der Waals surface area contributed by atoms with E-state index in [1.807, 2.05) is 12.1 Å². The first-order valence-electron chi connectivity index (χ1n) is 6.12. The summed E-state index contributed by atoms with van der Waals surface area (Å²) < 4.78 is 6.91. The minimum atomic E-state index is 0.392. The van der Waals surface area contributed by atoms with Gasteiger partial charge in [-0.2, -0.15) is 0 Å². The largest absolute Gasteiger partial charge is 0.399 e. The van der Waals surface area contributed by atoms with Gasteiger partial charge in [0.2, 0.25) is 0 Å². The van der Waals surface area contributed by atoms with E-state index in [0.29, 0.717) is 6.10 Å². The van der Waals surface area contributed by atoms with Gasteiger partial charge in [-0.1, -0.05) is 0 Å². The maximum absolute atomic E-state index is 5.78. The average molecular weight is 346 g/mol. The third-order valence-corrected chi connectivity index (χ3v) is 4.01. The molecule has 0 saturated carbocycles. The molecular formula is C13H19IN2O. The number of rotatable bonds is 4. The smallest absolute Gasteiger partial charge is 0.0750 e. The van der Waals surface area contributed by atoms with Gasteiger partial charge in [0.05, 0.1) is 11.8 Å². The van der Waals surface area contributed by atoms with Crippen molar-refractivity contribution >= 4 is 34.0 Å². The summed E-state index contributed by atoms with van der Waals surface area (Å²) in [6, 6.07) is 6.10. The maximum atomic E-state index is 5.78. The van der Waals surface area contributed by atoms with Crippen LogP contribution in [0.15, 0.2) is 18.2 Å². The molecule has 0 bridgehead atoms. The van der Waals surface area contributed by atoms with Crippen molar-refractivity contribution in [1.82, 2.24) is 0 Å². The predicted molar refractivity (Wildman–Crippen MR) is 80.4 cm³/mol. The fourth-order valence-electron chi connectivity index (χ4n) is 2.21. The highest BCUT2D eigenvalue weighted by atomic mass is 127. The number of benzene rings is 1. The summed E-state index contributed by atoms with van der Waals surface area (Å²) in [7, 11) is 0. The molecule has 0 spiro atoms. The first kappa shape index (κ1) is 13.0. The van der Waals surface area contributed by atoms with Gasteiger partial charge in [0.1, 0.15) is 0 Å². The number of anilines is 2. The number of nitrogen functional groups attached to an aromatic ring is 1. The highest BCUT2D eigenvalue weighted by Crippen LogP contribution is 2.26. The molecule has 4 heteroatoms. The van der Waals surface area contributed by atoms with Gasteiger partial charge in [0.15, 0.2) is 0 Å². The van der Waals surface area contributed by atoms with Crippen molar-refractivity contribution < 1.29 is 4.74 Å². The SMILES string of the molecule is CCN(CC1CCCO1)c1ccc(N)cc1I. The van der Waals surface area contributed by atoms with Crippen LogP contribution in [0.5, 0.6) is 0 Å². The highest BCUT2D eigenvalue weighted by molar-refractivity contribution is 14.1. The fraction of sp³-hybridized carbons (Fsp3) is 0.538. The van der Waals surface area contributed by atoms with E-state index in [-0.39, 0.29) is 0 Å². The second kappa shape index (κ2) is 5.91. The third kappa shape index (κ3) is 3.25. The van der Waals surface area contributed by atoms with Crippen LogP contribution >= 0.6 is 22.6 Å². The molecule has 1 saturated heterocycles. The Hall–Kier alpha value is -0.490. The number of hydrogen-bond acceptors (Lipinski definition) is 3. The first-order chi connectivity index (χ1) is 8.20. The topological polar surface area (TPSA) is 38.5 Å². The van der Waals surface area contributed by atoms with Crippen molar-refractivity contribution in [2.24, 2.45) is 0 Å². The molecule has 0 amide bonds. The number of ether oxygens (including phenoxy) is 1. The lowest BCUT2D eigenvalue weighted by atomic mass is 10.2. The molecule has 0 radical (unpaired) electrons. The number of hydrogen-bond donors (Lipinski definition) is 1. The molecule has 2 N–H and O–H groups in total. The van der Waals surface area contributed by atoms with Crippen LogP contribution in [0.2, 0.25) is 0 Å². The van der Waals surface area contributed by atoms with Crippen molar-refractivity contribution in [2.45, 2.75) is 25.9 Å². The van der Waals surface area contributed by atoms with E-state index >= 15 is 0 Å². The van der Waals surface area contributed by atoms with E-state index in [1.165, 1.54) is 22.1 Å². The van der Waals surface area contributed by atoms with Crippen molar-refractivity contribution in [2.75, 3.05) is 30.3 Å². The Balaban J connectivity index is 2.10. The number of nitrogens with zero attached hydrogens (tertiary/aromatic N) is 1. The molecule has 1 fully saturated rings. The van der Waals surface area contributed by atoms with Gasteiger partial charge in [-0.3, -0.25) is 0 Å². The molecule has 0 aromatic heterocycles. The second-order valence-electron chi connectivity index (χ2n) is 4.38. The van der Waals surface area contributed by atoms with Crippen LogP contribution in [0.25, 0.3) is 0 Å². The van der Waals surface area contributed by atoms with Gasteiger partial charge >= 0.3 is 0 Å². The summed E-state index contributed by atoms with van der Waals surface area (Å²) in [5, 5.41) is 0. The summed E-state index contributed by atoms with van der Waals surface area (Å²) in [6.45, 7) is 5.08. The van der Waals surface area contributed by atoms with E-state index in [2.05, 4.69) is 40.5 Å². The van der Waals surface area contributed by atoms with Crippen LogP contribution in [0.4, 0.5) is 11.4 Å². The first-order valence-corrected chi connectivity index (χ1v) is 7.20. The van der Waals surface area contributed by atoms with Gasteiger partial charge in [0, 0.05) is 29.0 Å². The van der Waals surface area contributed by atoms with Crippen molar-refractivity contribution in [3.8, 4) is 0 Å². The van der Waals surface area contributed by atoms with Gasteiger partial charge in [-0.05, 0) is 60.6 Å². The lowest BCUT2D eigenvalue weighted by molar-refractivity contribution is 0.115. The summed E-state index contributed by atoms with van der Waals surface area (Å²) in [6.07, 6.45) is 2.77. The van der Waals surface area contributed by atoms with Crippen LogP contribution in [0, 0.1) is 3.57 Å². The van der Waals surface area contributed by atoms with Crippen LogP contribution in [-0.2, 0) is 4.74 Å². The Kier molecular flexibility index (Phi) is 4.50. The Morgan fingerprint density at radius 3 is 2.94 bits per heavy atom. The zero-order chi connectivity index (χ0) is 12.3. The maximum Gasteiger partial charge on any atom is 0.0750 e. The Morgan fingerprint density at radius 2 is 2.35 bits per heavy atom. The van der Waals surface area contributed by atoms with E-state index in [9.17, 15) is 0 Å². The van der Waals surface area contributed by atoms with Gasteiger partial charge < -0.3 is 15.4 Å². The van der Waals surface area contributed by atoms with E-state index in [1.54, 1.807) is 0 Å². The average Bonchev–Trinajstić information content (AvgIpc) is 2.79. The van der Waals surface area contributed by atoms with Gasteiger partial charge in [-0.25, -0.2) is 0 Å². The van der Waals surface area contributed by atoms with Crippen molar-refractivity contribution in [3.05, 3.63) is 21.8 Å². The molecule has 94 valence electrons. The summed E-state index contributed by atoms with van der Waals surface area (Å²) in [5.74, 6) is 0. The minimum absolute atomic E-state index is 0.392. The summed E-state index contributed by atoms with van der Waals surface area (Å²) >= 11 is 2.35. The van der Waals surface area contributed by atoms with Gasteiger partial charge in [0.25, 0.3) is 0 Å². The lowest BCUT2D eigenvalue weighted by Gasteiger charge is -2.27. The Bertz CT molecular complexity index is 378. The Morgan fingerprint density at radius 1 is 1.53 bits per heavy atom. The van der Waals surface area contributed by atoms with Crippen LogP contribution < -0.4 is 10.6 Å². The number of halogens is 1. The summed E-state index contributed by atoms with van der Waals surface area (Å²) in [5.41, 5.74) is 7.87. The van der Waals surface area contributed by atoms with Crippen molar-refractivity contribution in [1.29, 1.82) is 0 Å². The fourth-order valence-corrected chi connectivity index (χ4v) is 3.09. The molecule has 2 rings (SSSR count). The zero-order valence-corrected chi connectivity index (χ0v) is 12.3. The number of nitrogens with two attached hydrogens (primary N) is 1. The highest BCUT2D eigenvalue weighted by Gasteiger charge is 2.19. The molecule has 1 aliphatic rings. The molecule has 1 atom stereocenters. The molecule has 17 heavy (non-hydrogen) atoms. The molecular weight excluding hydrogens is 327 g/mol. The second-order valence-corrected chi connectivity index (χ2v) is 5.55. The lowest BCUT2D eigenvalue weighted by Crippen LogP contribution is -2.32. The standard InChI is InChI=1S/C13H19IN2O/c1-2-16(9-11-4-3-7-17-11)13-6-5-10(15)8-12(13)14/h5-6,8,11H,2-4,7,9,15H2,1H3. The summed E-state index contributed by atoms with van der Waals surface area (Å²) in [4.78, 5) is 2.37. The minimum Gasteiger partial charge on any atom is -0.399 e. The molecule has 1 unspecified atom stereocenters. The Labute approximate surface area is 116 Å². The van der Waals surface area contributed by atoms with Gasteiger partial charge in [-0.15, -0.1) is 0 Å². The molecule has 1 aliphatic heterocycles. The van der Waals surface area contributed by atoms with E-state index in [0.717, 1.165) is 25.4 Å². The van der Waals surface area contributed by atoms with Crippen LogP contribution in [-0.4, -0.2) is 25.8 Å². The quantitative estimate of drug-likeness (QED) is 0.673. The van der Waals surface area contributed by atoms with Crippen LogP contribution in [0.3, 0.4) is 0 Å². The van der Waals surface area contributed by atoms with Crippen molar-refractivity contribution in [3.63, 3.8) is 0 Å².